The molecule has 1 N–H and O–H groups in total. The number of hydrogen-bond acceptors (Lipinski definition) is 6. The molecule has 19 heavy (non-hydrogen) atoms. The molecule has 3 rings (SSSR count). The summed E-state index contributed by atoms with van der Waals surface area (Å²) in [5.74, 6) is -0.0659. The number of hydrogen-bond donors (Lipinski definition) is 1. The average Bonchev–Trinajstić information content (AvgIpc) is 3.06. The molecule has 96 valence electrons. The zero-order chi connectivity index (χ0) is 13.2. The zero-order valence-electron chi connectivity index (χ0n) is 9.58. The number of esters is 1. The first kappa shape index (κ1) is 12.1. The Bertz CT molecular complexity index is 774. The maximum Gasteiger partial charge on any atom is 0.348 e. The van der Waals surface area contributed by atoms with E-state index in [4.69, 9.17) is 4.74 Å². The molecule has 0 atom stereocenters. The van der Waals surface area contributed by atoms with Gasteiger partial charge in [0.1, 0.15) is 22.0 Å². The van der Waals surface area contributed by atoms with Crippen LogP contribution < -0.4 is 5.56 Å². The Labute approximate surface area is 115 Å². The molecule has 0 saturated carbocycles. The van der Waals surface area contributed by atoms with Gasteiger partial charge in [0.25, 0.3) is 5.56 Å². The lowest BCUT2D eigenvalue weighted by Gasteiger charge is -2.02. The Morgan fingerprint density at radius 2 is 2.21 bits per heavy atom. The van der Waals surface area contributed by atoms with Gasteiger partial charge in [-0.25, -0.2) is 9.78 Å². The molecule has 0 fully saturated rings. The third-order valence-electron chi connectivity index (χ3n) is 2.43. The monoisotopic (exact) mass is 292 g/mol. The van der Waals surface area contributed by atoms with Gasteiger partial charge in [0.15, 0.2) is 0 Å². The van der Waals surface area contributed by atoms with Crippen molar-refractivity contribution in [2.45, 2.75) is 6.61 Å². The summed E-state index contributed by atoms with van der Waals surface area (Å²) in [7, 11) is 0. The molecule has 3 aromatic rings. The van der Waals surface area contributed by atoms with Gasteiger partial charge in [-0.05, 0) is 22.9 Å². The normalized spacial score (nSPS) is 10.7. The number of nitrogens with one attached hydrogen (secondary N) is 1. The van der Waals surface area contributed by atoms with E-state index < -0.39 is 5.97 Å². The van der Waals surface area contributed by atoms with Gasteiger partial charge in [0.05, 0.1) is 5.52 Å². The van der Waals surface area contributed by atoms with Gasteiger partial charge < -0.3 is 9.72 Å². The van der Waals surface area contributed by atoms with Gasteiger partial charge in [0, 0.05) is 0 Å². The van der Waals surface area contributed by atoms with Crippen LogP contribution in [-0.2, 0) is 11.3 Å². The Kier molecular flexibility index (Phi) is 3.14. The van der Waals surface area contributed by atoms with E-state index in [9.17, 15) is 9.59 Å². The number of thiophene rings is 2. The van der Waals surface area contributed by atoms with Crippen LogP contribution in [0.2, 0.25) is 0 Å². The van der Waals surface area contributed by atoms with Crippen LogP contribution in [0.1, 0.15) is 15.5 Å². The van der Waals surface area contributed by atoms with Crippen molar-refractivity contribution in [3.63, 3.8) is 0 Å². The number of H-pyrrole nitrogens is 1. The van der Waals surface area contributed by atoms with Crippen molar-refractivity contribution in [2.75, 3.05) is 0 Å². The molecule has 0 spiro atoms. The van der Waals surface area contributed by atoms with Gasteiger partial charge in [-0.1, -0.05) is 6.07 Å². The standard InChI is InChI=1S/C12H8N2O3S2/c15-11-10-7(3-5-19-10)13-9(14-11)6-17-12(16)8-2-1-4-18-8/h1-5H,6H2,(H,13,14,15). The van der Waals surface area contributed by atoms with Crippen LogP contribution in [0.5, 0.6) is 0 Å². The molecule has 0 amide bonds. The topological polar surface area (TPSA) is 72.0 Å². The molecular weight excluding hydrogens is 284 g/mol. The molecule has 7 heteroatoms. The second kappa shape index (κ2) is 4.94. The van der Waals surface area contributed by atoms with Crippen molar-refractivity contribution in [2.24, 2.45) is 0 Å². The molecule has 0 bridgehead atoms. The van der Waals surface area contributed by atoms with E-state index in [0.717, 1.165) is 0 Å². The maximum absolute atomic E-state index is 11.7. The summed E-state index contributed by atoms with van der Waals surface area (Å²) >= 11 is 2.64. The lowest BCUT2D eigenvalue weighted by Crippen LogP contribution is -2.13. The van der Waals surface area contributed by atoms with Crippen molar-refractivity contribution < 1.29 is 9.53 Å². The quantitative estimate of drug-likeness (QED) is 0.752. The highest BCUT2D eigenvalue weighted by atomic mass is 32.1. The third kappa shape index (κ3) is 2.42. The fraction of sp³-hybridized carbons (Fsp3) is 0.0833. The minimum atomic E-state index is -0.414. The molecular formula is C12H8N2O3S2. The van der Waals surface area contributed by atoms with E-state index in [-0.39, 0.29) is 12.2 Å². The second-order valence-electron chi connectivity index (χ2n) is 3.70. The van der Waals surface area contributed by atoms with Crippen molar-refractivity contribution in [3.05, 3.63) is 50.0 Å². The predicted molar refractivity (Wildman–Crippen MR) is 73.7 cm³/mol. The number of rotatable bonds is 3. The molecule has 0 radical (unpaired) electrons. The van der Waals surface area contributed by atoms with E-state index >= 15 is 0 Å². The van der Waals surface area contributed by atoms with Gasteiger partial charge >= 0.3 is 5.97 Å². The lowest BCUT2D eigenvalue weighted by atomic mass is 10.4. The SMILES string of the molecule is O=C(OCc1nc2ccsc2c(=O)[nH]1)c1cccs1. The van der Waals surface area contributed by atoms with Crippen molar-refractivity contribution in [1.82, 2.24) is 9.97 Å². The van der Waals surface area contributed by atoms with Crippen molar-refractivity contribution in [1.29, 1.82) is 0 Å². The molecule has 0 aliphatic heterocycles. The van der Waals surface area contributed by atoms with E-state index in [1.165, 1.54) is 22.7 Å². The van der Waals surface area contributed by atoms with E-state index in [2.05, 4.69) is 9.97 Å². The molecule has 0 aliphatic rings. The van der Waals surface area contributed by atoms with Crippen LogP contribution in [0.4, 0.5) is 0 Å². The number of carbonyl (C=O) groups is 1. The van der Waals surface area contributed by atoms with E-state index in [0.29, 0.717) is 20.9 Å². The van der Waals surface area contributed by atoms with E-state index in [1.54, 1.807) is 29.0 Å². The van der Waals surface area contributed by atoms with E-state index in [1.807, 2.05) is 0 Å². The first-order chi connectivity index (χ1) is 9.24. The summed E-state index contributed by atoms with van der Waals surface area (Å²) in [5, 5.41) is 3.60. The number of carbonyl (C=O) groups excluding carboxylic acids is 1. The zero-order valence-corrected chi connectivity index (χ0v) is 11.2. The van der Waals surface area contributed by atoms with Gasteiger partial charge in [-0.3, -0.25) is 4.79 Å². The van der Waals surface area contributed by atoms with Crippen LogP contribution in [0, 0.1) is 0 Å². The summed E-state index contributed by atoms with van der Waals surface area (Å²) < 4.78 is 5.67. The van der Waals surface area contributed by atoms with Crippen LogP contribution in [0.15, 0.2) is 33.8 Å². The van der Waals surface area contributed by atoms with Crippen molar-refractivity contribution >= 4 is 38.9 Å². The summed E-state index contributed by atoms with van der Waals surface area (Å²) in [6.07, 6.45) is 0. The molecule has 3 aromatic heterocycles. The Hall–Kier alpha value is -1.99. The van der Waals surface area contributed by atoms with Gasteiger partial charge in [-0.2, -0.15) is 0 Å². The Morgan fingerprint density at radius 1 is 1.32 bits per heavy atom. The van der Waals surface area contributed by atoms with Crippen LogP contribution in [0.25, 0.3) is 10.2 Å². The second-order valence-corrected chi connectivity index (χ2v) is 5.56. The highest BCUT2D eigenvalue weighted by molar-refractivity contribution is 7.17. The average molecular weight is 292 g/mol. The summed E-state index contributed by atoms with van der Waals surface area (Å²) in [6.45, 7) is -0.0439. The minimum Gasteiger partial charge on any atom is -0.453 e. The van der Waals surface area contributed by atoms with Gasteiger partial charge in [-0.15, -0.1) is 22.7 Å². The number of aromatic amines is 1. The van der Waals surface area contributed by atoms with Crippen LogP contribution >= 0.6 is 22.7 Å². The largest absolute Gasteiger partial charge is 0.453 e. The summed E-state index contributed by atoms with van der Waals surface area (Å²) in [4.78, 5) is 30.7. The smallest absolute Gasteiger partial charge is 0.348 e. The summed E-state index contributed by atoms with van der Waals surface area (Å²) in [5.41, 5.74) is 0.415. The number of nitrogens with zero attached hydrogens (tertiary/aromatic N) is 1. The number of ether oxygens (including phenoxy) is 1. The molecule has 0 unspecified atom stereocenters. The Morgan fingerprint density at radius 3 is 3.00 bits per heavy atom. The molecule has 0 aliphatic carbocycles. The lowest BCUT2D eigenvalue weighted by molar-refractivity contribution is 0.0468. The predicted octanol–water partition coefficient (Wildman–Crippen LogP) is 2.40. The highest BCUT2D eigenvalue weighted by Crippen LogP contribution is 2.14. The first-order valence-corrected chi connectivity index (χ1v) is 7.17. The molecule has 5 nitrogen and oxygen atoms in total. The first-order valence-electron chi connectivity index (χ1n) is 5.41. The van der Waals surface area contributed by atoms with Crippen molar-refractivity contribution in [3.8, 4) is 0 Å². The van der Waals surface area contributed by atoms with Crippen LogP contribution in [0.3, 0.4) is 0 Å². The Balaban J connectivity index is 1.78. The number of fused-ring (bicyclic) bond motifs is 1. The maximum atomic E-state index is 11.7. The van der Waals surface area contributed by atoms with Gasteiger partial charge in [0.2, 0.25) is 0 Å². The molecule has 3 heterocycles. The third-order valence-corrected chi connectivity index (χ3v) is 4.18. The fourth-order valence-electron chi connectivity index (χ4n) is 1.59. The fourth-order valence-corrected chi connectivity index (χ4v) is 2.93. The number of aromatic nitrogens is 2. The molecule has 0 saturated heterocycles. The summed E-state index contributed by atoms with van der Waals surface area (Å²) in [6, 6.07) is 5.23. The molecule has 0 aromatic carbocycles. The highest BCUT2D eigenvalue weighted by Gasteiger charge is 2.10. The minimum absolute atomic E-state index is 0.0439. The van der Waals surface area contributed by atoms with Crippen LogP contribution in [-0.4, -0.2) is 15.9 Å².